The van der Waals surface area contributed by atoms with Crippen LogP contribution in [0.5, 0.6) is 0 Å². The van der Waals surface area contributed by atoms with E-state index in [9.17, 15) is 4.79 Å². The van der Waals surface area contributed by atoms with Crippen molar-refractivity contribution in [2.45, 2.75) is 26.4 Å². The average molecular weight is 255 g/mol. The molecular weight excluding hydrogens is 238 g/mol. The number of carbonyl (C=O) groups excluding carboxylic acids is 1. The highest BCUT2D eigenvalue weighted by molar-refractivity contribution is 7.17. The Balaban J connectivity index is 2.16. The van der Waals surface area contributed by atoms with Gasteiger partial charge in [0.15, 0.2) is 5.13 Å². The molecule has 2 N–H and O–H groups in total. The van der Waals surface area contributed by atoms with Crippen LogP contribution in [0.25, 0.3) is 0 Å². The molecule has 0 bridgehead atoms. The molecule has 1 amide bonds. The normalized spacial score (nSPS) is 21.3. The molecule has 2 rings (SSSR count). The molecule has 1 aliphatic rings. The summed E-state index contributed by atoms with van der Waals surface area (Å²) >= 11 is 1.26. The molecule has 1 aromatic heterocycles. The number of hydrogen-bond acceptors (Lipinski definition) is 5. The van der Waals surface area contributed by atoms with Gasteiger partial charge in [-0.15, -0.1) is 0 Å². The van der Waals surface area contributed by atoms with Crippen molar-refractivity contribution in [1.29, 1.82) is 0 Å². The minimum Gasteiger partial charge on any atom is -0.377 e. The summed E-state index contributed by atoms with van der Waals surface area (Å²) in [5.74, 6) is 0.0223. The van der Waals surface area contributed by atoms with Crippen molar-refractivity contribution in [1.82, 2.24) is 9.88 Å². The predicted octanol–water partition coefficient (Wildman–Crippen LogP) is 1.28. The minimum absolute atomic E-state index is 0.0223. The van der Waals surface area contributed by atoms with Crippen LogP contribution in [0.3, 0.4) is 0 Å². The fourth-order valence-electron chi connectivity index (χ4n) is 1.94. The summed E-state index contributed by atoms with van der Waals surface area (Å²) in [5.41, 5.74) is 6.33. The lowest BCUT2D eigenvalue weighted by atomic mass is 10.3. The van der Waals surface area contributed by atoms with Crippen molar-refractivity contribution in [2.24, 2.45) is 0 Å². The largest absolute Gasteiger partial charge is 0.377 e. The van der Waals surface area contributed by atoms with Gasteiger partial charge >= 0.3 is 0 Å². The van der Waals surface area contributed by atoms with E-state index < -0.39 is 0 Å². The number of amides is 1. The maximum Gasteiger partial charge on any atom is 0.266 e. The first-order chi connectivity index (χ1) is 8.08. The molecule has 6 heteroatoms. The van der Waals surface area contributed by atoms with Gasteiger partial charge in [-0.25, -0.2) is 4.98 Å². The Kier molecular flexibility index (Phi) is 3.63. The summed E-state index contributed by atoms with van der Waals surface area (Å²) in [7, 11) is 0. The maximum atomic E-state index is 12.3. The molecule has 17 heavy (non-hydrogen) atoms. The van der Waals surface area contributed by atoms with Gasteiger partial charge in [0.2, 0.25) is 0 Å². The second kappa shape index (κ2) is 5.01. The summed E-state index contributed by atoms with van der Waals surface area (Å²) in [6.45, 7) is 5.89. The van der Waals surface area contributed by atoms with Gasteiger partial charge in [0.05, 0.1) is 11.8 Å². The Labute approximate surface area is 105 Å². The Morgan fingerprint density at radius 3 is 3.06 bits per heavy atom. The van der Waals surface area contributed by atoms with E-state index in [4.69, 9.17) is 10.5 Å². The summed E-state index contributed by atoms with van der Waals surface area (Å²) in [5, 5.41) is 0.449. The number of nitrogens with two attached hydrogens (primary N) is 1. The summed E-state index contributed by atoms with van der Waals surface area (Å²) in [4.78, 5) is 18.9. The number of nitrogens with zero attached hydrogens (tertiary/aromatic N) is 2. The van der Waals surface area contributed by atoms with Gasteiger partial charge < -0.3 is 15.4 Å². The number of ether oxygens (including phenoxy) is 1. The SMILES string of the molecule is Cc1nc(N)sc1C(=O)N1CCCOC(C)C1. The van der Waals surface area contributed by atoms with Crippen molar-refractivity contribution in [2.75, 3.05) is 25.4 Å². The topological polar surface area (TPSA) is 68.5 Å². The summed E-state index contributed by atoms with van der Waals surface area (Å²) < 4.78 is 5.52. The predicted molar refractivity (Wildman–Crippen MR) is 67.2 cm³/mol. The lowest BCUT2D eigenvalue weighted by Gasteiger charge is -2.21. The minimum atomic E-state index is 0.0223. The average Bonchev–Trinajstić information content (AvgIpc) is 2.49. The smallest absolute Gasteiger partial charge is 0.266 e. The first-order valence-corrected chi connectivity index (χ1v) is 6.53. The number of aryl methyl sites for hydroxylation is 1. The number of thiazole rings is 1. The Bertz CT molecular complexity index is 419. The van der Waals surface area contributed by atoms with Crippen LogP contribution in [0.4, 0.5) is 5.13 Å². The molecule has 1 saturated heterocycles. The van der Waals surface area contributed by atoms with Gasteiger partial charge in [0.1, 0.15) is 4.88 Å². The van der Waals surface area contributed by atoms with E-state index in [0.29, 0.717) is 16.6 Å². The van der Waals surface area contributed by atoms with E-state index in [1.54, 1.807) is 0 Å². The molecule has 0 aliphatic carbocycles. The standard InChI is InChI=1S/C11H17N3O2S/c1-7-6-14(4-3-5-16-7)10(15)9-8(2)13-11(12)17-9/h7H,3-6H2,1-2H3,(H2,12,13). The number of rotatable bonds is 1. The van der Waals surface area contributed by atoms with Gasteiger partial charge in [-0.2, -0.15) is 0 Å². The van der Waals surface area contributed by atoms with E-state index in [-0.39, 0.29) is 12.0 Å². The molecule has 5 nitrogen and oxygen atoms in total. The van der Waals surface area contributed by atoms with Crippen LogP contribution in [0.15, 0.2) is 0 Å². The first-order valence-electron chi connectivity index (χ1n) is 5.71. The van der Waals surface area contributed by atoms with Crippen molar-refractivity contribution in [3.63, 3.8) is 0 Å². The molecule has 2 heterocycles. The van der Waals surface area contributed by atoms with E-state index in [0.717, 1.165) is 25.3 Å². The van der Waals surface area contributed by atoms with Crippen LogP contribution in [-0.4, -0.2) is 41.6 Å². The molecule has 0 spiro atoms. The first kappa shape index (κ1) is 12.3. The van der Waals surface area contributed by atoms with E-state index in [1.165, 1.54) is 11.3 Å². The van der Waals surface area contributed by atoms with Crippen LogP contribution in [-0.2, 0) is 4.74 Å². The zero-order chi connectivity index (χ0) is 12.4. The number of aromatic nitrogens is 1. The van der Waals surface area contributed by atoms with Gasteiger partial charge in [-0.05, 0) is 20.3 Å². The molecule has 1 aromatic rings. The quantitative estimate of drug-likeness (QED) is 0.821. The number of hydrogen-bond donors (Lipinski definition) is 1. The number of nitrogen functional groups attached to an aromatic ring is 1. The van der Waals surface area contributed by atoms with Crippen LogP contribution >= 0.6 is 11.3 Å². The number of carbonyl (C=O) groups is 1. The highest BCUT2D eigenvalue weighted by Gasteiger charge is 2.24. The van der Waals surface area contributed by atoms with Crippen molar-refractivity contribution in [3.8, 4) is 0 Å². The monoisotopic (exact) mass is 255 g/mol. The highest BCUT2D eigenvalue weighted by atomic mass is 32.1. The molecular formula is C11H17N3O2S. The van der Waals surface area contributed by atoms with Gasteiger partial charge in [-0.3, -0.25) is 4.79 Å². The number of anilines is 1. The zero-order valence-corrected chi connectivity index (χ0v) is 10.9. The van der Waals surface area contributed by atoms with E-state index in [1.807, 2.05) is 18.7 Å². The summed E-state index contributed by atoms with van der Waals surface area (Å²) in [6, 6.07) is 0. The fraction of sp³-hybridized carbons (Fsp3) is 0.636. The van der Waals surface area contributed by atoms with Crippen molar-refractivity contribution < 1.29 is 9.53 Å². The molecule has 1 unspecified atom stereocenters. The highest BCUT2D eigenvalue weighted by Crippen LogP contribution is 2.22. The molecule has 0 saturated carbocycles. The van der Waals surface area contributed by atoms with E-state index in [2.05, 4.69) is 4.98 Å². The molecule has 0 radical (unpaired) electrons. The van der Waals surface area contributed by atoms with Crippen molar-refractivity contribution in [3.05, 3.63) is 10.6 Å². The third-order valence-electron chi connectivity index (χ3n) is 2.75. The summed E-state index contributed by atoms with van der Waals surface area (Å²) in [6.07, 6.45) is 0.968. The molecule has 0 aromatic carbocycles. The molecule has 1 aliphatic heterocycles. The molecule has 94 valence electrons. The third-order valence-corrected chi connectivity index (χ3v) is 3.72. The second-order valence-corrected chi connectivity index (χ2v) is 5.28. The third kappa shape index (κ3) is 2.76. The van der Waals surface area contributed by atoms with Crippen LogP contribution in [0, 0.1) is 6.92 Å². The van der Waals surface area contributed by atoms with Gasteiger partial charge in [0, 0.05) is 19.7 Å². The Morgan fingerprint density at radius 1 is 1.65 bits per heavy atom. The van der Waals surface area contributed by atoms with Crippen LogP contribution in [0.2, 0.25) is 0 Å². The van der Waals surface area contributed by atoms with Crippen molar-refractivity contribution >= 4 is 22.4 Å². The lowest BCUT2D eigenvalue weighted by molar-refractivity contribution is 0.0565. The maximum absolute atomic E-state index is 12.3. The Morgan fingerprint density at radius 2 is 2.41 bits per heavy atom. The van der Waals surface area contributed by atoms with E-state index >= 15 is 0 Å². The van der Waals surface area contributed by atoms with Gasteiger partial charge in [-0.1, -0.05) is 11.3 Å². The van der Waals surface area contributed by atoms with Crippen LogP contribution in [0.1, 0.15) is 28.7 Å². The molecule has 1 atom stereocenters. The zero-order valence-electron chi connectivity index (χ0n) is 10.1. The Hall–Kier alpha value is -1.14. The van der Waals surface area contributed by atoms with Gasteiger partial charge in [0.25, 0.3) is 5.91 Å². The van der Waals surface area contributed by atoms with Crippen LogP contribution < -0.4 is 5.73 Å². The second-order valence-electron chi connectivity index (χ2n) is 4.25. The fourth-order valence-corrected chi connectivity index (χ4v) is 2.74. The lowest BCUT2D eigenvalue weighted by Crippen LogP contribution is -2.35. The molecule has 1 fully saturated rings.